The number of amides is 1. The van der Waals surface area contributed by atoms with Crippen LogP contribution in [0.4, 0.5) is 30.6 Å². The first kappa shape index (κ1) is 31.2. The molecule has 0 radical (unpaired) electrons. The Hall–Kier alpha value is -4.46. The van der Waals surface area contributed by atoms with Crippen LogP contribution in [0, 0.1) is 11.3 Å². The molecule has 6 N–H and O–H groups in total. The van der Waals surface area contributed by atoms with Gasteiger partial charge in [0, 0.05) is 92.3 Å². The van der Waals surface area contributed by atoms with Gasteiger partial charge in [-0.3, -0.25) is 4.79 Å². The molecule has 3 saturated heterocycles. The van der Waals surface area contributed by atoms with Crippen molar-refractivity contribution in [2.24, 2.45) is 17.1 Å². The first-order chi connectivity index (χ1) is 22.4. The van der Waals surface area contributed by atoms with Crippen LogP contribution in [0.3, 0.4) is 0 Å². The van der Waals surface area contributed by atoms with Crippen LogP contribution in [0.15, 0.2) is 36.7 Å². The molecule has 0 aliphatic carbocycles. The monoisotopic (exact) mass is 651 g/mol. The Morgan fingerprint density at radius 1 is 1.11 bits per heavy atom. The standard InChI is InChI=1S/C33H40F3N9O2/c1-20-28-24(12-25(37)23-4-2-3-5-27(23)46)29(38)41-26(28)8-11-45(20)31-39-13-22(14-40-31)43-9-6-21(7-10-43)15-42-16-32(17-42)18-44(19-32)30(47)33(34,35)36/h2-5,12-14,20-21,41,46H,6-11,15-19,37-38H2,1H3/b25-12-. The van der Waals surface area contributed by atoms with Gasteiger partial charge in [0.25, 0.3) is 0 Å². The number of hydrogen-bond donors (Lipinski definition) is 4. The van der Waals surface area contributed by atoms with Crippen LogP contribution in [0.25, 0.3) is 11.8 Å². The summed E-state index contributed by atoms with van der Waals surface area (Å²) in [7, 11) is 0. The summed E-state index contributed by atoms with van der Waals surface area (Å²) >= 11 is 0. The van der Waals surface area contributed by atoms with E-state index in [9.17, 15) is 23.1 Å². The van der Waals surface area contributed by atoms with Crippen molar-refractivity contribution in [3.05, 3.63) is 59.0 Å². The fraction of sp³-hybridized carbons (Fsp3) is 0.485. The van der Waals surface area contributed by atoms with E-state index in [0.29, 0.717) is 28.9 Å². The number of benzene rings is 1. The number of H-pyrrole nitrogens is 1. The van der Waals surface area contributed by atoms with Crippen molar-refractivity contribution in [3.8, 4) is 5.75 Å². The van der Waals surface area contributed by atoms with Crippen LogP contribution in [-0.4, -0.2) is 94.3 Å². The maximum Gasteiger partial charge on any atom is 0.471 e. The fourth-order valence-electron chi connectivity index (χ4n) is 7.92. The van der Waals surface area contributed by atoms with Gasteiger partial charge in [0.2, 0.25) is 5.95 Å². The summed E-state index contributed by atoms with van der Waals surface area (Å²) in [5, 5.41) is 10.3. The molecule has 3 aromatic rings. The highest BCUT2D eigenvalue weighted by atomic mass is 19.4. The van der Waals surface area contributed by atoms with Crippen LogP contribution in [-0.2, 0) is 11.2 Å². The molecule has 1 amide bonds. The Kier molecular flexibility index (Phi) is 7.72. The number of aromatic hydroxyl groups is 1. The molecule has 11 nitrogen and oxygen atoms in total. The van der Waals surface area contributed by atoms with E-state index in [0.717, 1.165) is 85.9 Å². The normalized spacial score (nSPS) is 21.8. The number of halogens is 3. The molecule has 47 heavy (non-hydrogen) atoms. The first-order valence-electron chi connectivity index (χ1n) is 16.1. The van der Waals surface area contributed by atoms with Gasteiger partial charge in [-0.15, -0.1) is 0 Å². The quantitative estimate of drug-likeness (QED) is 0.314. The summed E-state index contributed by atoms with van der Waals surface area (Å²) in [5.74, 6) is 0.0880. The molecular weight excluding hydrogens is 611 g/mol. The van der Waals surface area contributed by atoms with Gasteiger partial charge in [-0.1, -0.05) is 12.1 Å². The molecule has 0 bridgehead atoms. The van der Waals surface area contributed by atoms with Gasteiger partial charge >= 0.3 is 12.1 Å². The molecular formula is C33H40F3N9O2. The third kappa shape index (κ3) is 5.83. The highest BCUT2D eigenvalue weighted by Crippen LogP contribution is 2.42. The second-order valence-corrected chi connectivity index (χ2v) is 13.6. The minimum absolute atomic E-state index is 0.0638. The van der Waals surface area contributed by atoms with E-state index in [1.807, 2.05) is 24.5 Å². The average molecular weight is 652 g/mol. The van der Waals surface area contributed by atoms with Gasteiger partial charge in [-0.05, 0) is 43.9 Å². The van der Waals surface area contributed by atoms with Crippen LogP contribution in [0.2, 0.25) is 0 Å². The number of likely N-dealkylation sites (tertiary alicyclic amines) is 2. The van der Waals surface area contributed by atoms with Gasteiger partial charge in [-0.25, -0.2) is 9.97 Å². The highest BCUT2D eigenvalue weighted by Gasteiger charge is 2.57. The van der Waals surface area contributed by atoms with Gasteiger partial charge in [0.1, 0.15) is 11.6 Å². The molecule has 4 aliphatic rings. The smallest absolute Gasteiger partial charge is 0.471 e. The van der Waals surface area contributed by atoms with Crippen molar-refractivity contribution in [1.82, 2.24) is 24.8 Å². The number of para-hydroxylation sites is 1. The number of phenols is 1. The number of nitrogens with two attached hydrogens (primary N) is 2. The number of nitrogens with zero attached hydrogens (tertiary/aromatic N) is 6. The average Bonchev–Trinajstić information content (AvgIpc) is 3.33. The predicted molar refractivity (Wildman–Crippen MR) is 173 cm³/mol. The Morgan fingerprint density at radius 2 is 1.79 bits per heavy atom. The second kappa shape index (κ2) is 11.7. The number of aromatic nitrogens is 3. The molecule has 1 atom stereocenters. The molecule has 2 aromatic heterocycles. The molecule has 7 rings (SSSR count). The largest absolute Gasteiger partial charge is 0.507 e. The number of phenolic OH excluding ortho intramolecular Hbond substituents is 1. The van der Waals surface area contributed by atoms with E-state index in [1.165, 1.54) is 0 Å². The van der Waals surface area contributed by atoms with Crippen molar-refractivity contribution in [3.63, 3.8) is 0 Å². The molecule has 6 heterocycles. The third-order valence-electron chi connectivity index (χ3n) is 10.3. The Balaban J connectivity index is 0.932. The number of anilines is 3. The summed E-state index contributed by atoms with van der Waals surface area (Å²) in [6.45, 7) is 7.48. The number of alkyl halides is 3. The maximum absolute atomic E-state index is 12.7. The lowest BCUT2D eigenvalue weighted by Gasteiger charge is -2.60. The molecule has 250 valence electrons. The van der Waals surface area contributed by atoms with Gasteiger partial charge < -0.3 is 41.2 Å². The van der Waals surface area contributed by atoms with Crippen molar-refractivity contribution in [2.45, 2.75) is 38.4 Å². The molecule has 1 aromatic carbocycles. The van der Waals surface area contributed by atoms with E-state index >= 15 is 0 Å². The van der Waals surface area contributed by atoms with Crippen molar-refractivity contribution in [1.29, 1.82) is 0 Å². The minimum atomic E-state index is -4.79. The maximum atomic E-state index is 12.7. The molecule has 4 aliphatic heterocycles. The third-order valence-corrected chi connectivity index (χ3v) is 10.3. The predicted octanol–water partition coefficient (Wildman–Crippen LogP) is 3.60. The number of rotatable bonds is 6. The minimum Gasteiger partial charge on any atom is -0.507 e. The Bertz CT molecular complexity index is 1670. The number of piperidine rings is 1. The number of aromatic amines is 1. The van der Waals surface area contributed by atoms with Gasteiger partial charge in [0.15, 0.2) is 0 Å². The Morgan fingerprint density at radius 3 is 2.45 bits per heavy atom. The number of carbonyl (C=O) groups excluding carboxylic acids is 1. The summed E-state index contributed by atoms with van der Waals surface area (Å²) in [5.41, 5.74) is 17.5. The molecule has 0 saturated carbocycles. The van der Waals surface area contributed by atoms with Crippen LogP contribution < -0.4 is 21.3 Å². The van der Waals surface area contributed by atoms with Crippen molar-refractivity contribution < 1.29 is 23.1 Å². The topological polar surface area (TPSA) is 144 Å². The first-order valence-corrected chi connectivity index (χ1v) is 16.1. The Labute approximate surface area is 271 Å². The molecule has 14 heteroatoms. The van der Waals surface area contributed by atoms with E-state index in [-0.39, 0.29) is 30.3 Å². The highest BCUT2D eigenvalue weighted by molar-refractivity contribution is 5.86. The van der Waals surface area contributed by atoms with Crippen LogP contribution in [0.1, 0.15) is 48.2 Å². The van der Waals surface area contributed by atoms with E-state index in [1.54, 1.807) is 18.2 Å². The van der Waals surface area contributed by atoms with E-state index < -0.39 is 12.1 Å². The summed E-state index contributed by atoms with van der Waals surface area (Å²) in [4.78, 5) is 32.0. The zero-order valence-corrected chi connectivity index (χ0v) is 26.3. The number of nitrogen functional groups attached to an aromatic ring is 1. The summed E-state index contributed by atoms with van der Waals surface area (Å²) < 4.78 is 38.0. The lowest BCUT2D eigenvalue weighted by molar-refractivity contribution is -0.205. The molecule has 3 fully saturated rings. The zero-order chi connectivity index (χ0) is 33.1. The molecule has 1 unspecified atom stereocenters. The summed E-state index contributed by atoms with van der Waals surface area (Å²) in [6, 6.07) is 6.88. The zero-order valence-electron chi connectivity index (χ0n) is 26.3. The SMILES string of the molecule is CC1c2c([nH]c(N)c2/C=C(\N)c2ccccc2O)CCN1c1ncc(N2CCC(CN3CC4(C3)CN(C(=O)C(F)(F)F)C4)CC2)cn1. The second-order valence-electron chi connectivity index (χ2n) is 13.6. The number of fused-ring (bicyclic) bond motifs is 1. The van der Waals surface area contributed by atoms with Crippen molar-refractivity contribution in [2.75, 3.05) is 67.9 Å². The summed E-state index contributed by atoms with van der Waals surface area (Å²) in [6.07, 6.45) is 3.58. The van der Waals surface area contributed by atoms with Crippen LogP contribution >= 0.6 is 0 Å². The van der Waals surface area contributed by atoms with Crippen LogP contribution in [0.5, 0.6) is 5.75 Å². The lowest BCUT2D eigenvalue weighted by atomic mass is 9.72. The van der Waals surface area contributed by atoms with Gasteiger partial charge in [0.05, 0.1) is 24.1 Å². The van der Waals surface area contributed by atoms with E-state index in [2.05, 4.69) is 26.6 Å². The van der Waals surface area contributed by atoms with E-state index in [4.69, 9.17) is 21.4 Å². The lowest BCUT2D eigenvalue weighted by Crippen LogP contribution is -2.74. The fourth-order valence-corrected chi connectivity index (χ4v) is 7.92. The van der Waals surface area contributed by atoms with Gasteiger partial charge in [-0.2, -0.15) is 13.2 Å². The molecule has 1 spiro atoms. The number of hydrogen-bond acceptors (Lipinski definition) is 9. The number of carbonyl (C=O) groups is 1. The van der Waals surface area contributed by atoms with Crippen molar-refractivity contribution >= 4 is 35.1 Å². The number of nitrogens with one attached hydrogen (secondary N) is 1.